The van der Waals surface area contributed by atoms with Crippen molar-refractivity contribution in [2.24, 2.45) is 45.1 Å². The molecule has 8 nitrogen and oxygen atoms in total. The molecule has 1 saturated heterocycles. The number of nitrogens with zero attached hydrogens (tertiary/aromatic N) is 2. The highest BCUT2D eigenvalue weighted by Gasteiger charge is 2.85. The molecule has 5 aliphatic rings. The number of carbonyl (C=O) groups excluding carboxylic acids is 5. The summed E-state index contributed by atoms with van der Waals surface area (Å²) in [6.45, 7) is 11.1. The van der Waals surface area contributed by atoms with E-state index in [0.717, 1.165) is 57.1 Å². The summed E-state index contributed by atoms with van der Waals surface area (Å²) in [6.07, 6.45) is 11.5. The van der Waals surface area contributed by atoms with Crippen LogP contribution < -0.4 is 5.73 Å². The Kier molecular flexibility index (Phi) is 8.16. The van der Waals surface area contributed by atoms with Gasteiger partial charge in [-0.3, -0.25) is 29.0 Å². The van der Waals surface area contributed by atoms with Crippen LogP contribution in [0, 0.1) is 39.4 Å². The van der Waals surface area contributed by atoms with Crippen molar-refractivity contribution >= 4 is 29.2 Å². The predicted octanol–water partition coefficient (Wildman–Crippen LogP) is 5.74. The number of ketones is 3. The number of carbonyl (C=O) groups is 5. The monoisotopic (exact) mass is 631 g/mol. The number of aromatic nitrogens is 1. The normalized spacial score (nSPS) is 28.2. The molecule has 1 unspecified atom stereocenters. The lowest BCUT2D eigenvalue weighted by Gasteiger charge is -2.36. The molecule has 4 atom stereocenters. The van der Waals surface area contributed by atoms with Crippen LogP contribution >= 0.6 is 0 Å². The van der Waals surface area contributed by atoms with Gasteiger partial charge in [-0.1, -0.05) is 66.4 Å². The fraction of sp³-hybridized carbons (Fsp3) is 0.737. The highest BCUT2D eigenvalue weighted by molar-refractivity contribution is 6.36. The molecule has 1 aliphatic heterocycles. The quantitative estimate of drug-likeness (QED) is 0.277. The zero-order chi connectivity index (χ0) is 33.3. The molecule has 2 N–H and O–H groups in total. The molecular formula is C38H53N3O5. The molecule has 5 fully saturated rings. The second-order valence-corrected chi connectivity index (χ2v) is 17.3. The van der Waals surface area contributed by atoms with Crippen LogP contribution in [0.15, 0.2) is 24.4 Å². The summed E-state index contributed by atoms with van der Waals surface area (Å²) >= 11 is 0. The molecule has 1 aromatic heterocycles. The van der Waals surface area contributed by atoms with Crippen LogP contribution in [0.5, 0.6) is 0 Å². The van der Waals surface area contributed by atoms with Gasteiger partial charge in [-0.15, -0.1) is 0 Å². The van der Waals surface area contributed by atoms with Crippen LogP contribution in [0.4, 0.5) is 0 Å². The number of hydrogen-bond donors (Lipinski definition) is 1. The van der Waals surface area contributed by atoms with Gasteiger partial charge in [0.25, 0.3) is 5.91 Å². The fourth-order valence-corrected chi connectivity index (χ4v) is 10.1. The van der Waals surface area contributed by atoms with E-state index < -0.39 is 35.0 Å². The largest absolute Gasteiger partial charge is 0.363 e. The maximum absolute atomic E-state index is 14.8. The van der Waals surface area contributed by atoms with Gasteiger partial charge in [0.05, 0.1) is 6.04 Å². The molecule has 6 rings (SSSR count). The van der Waals surface area contributed by atoms with Crippen molar-refractivity contribution in [2.75, 3.05) is 6.54 Å². The van der Waals surface area contributed by atoms with Gasteiger partial charge in [-0.2, -0.15) is 0 Å². The Morgan fingerprint density at radius 2 is 1.67 bits per heavy atom. The summed E-state index contributed by atoms with van der Waals surface area (Å²) in [5, 5.41) is 0. The van der Waals surface area contributed by atoms with Crippen LogP contribution in [-0.2, 0) is 29.4 Å². The first-order chi connectivity index (χ1) is 21.6. The smallest absolute Gasteiger partial charge is 0.285 e. The van der Waals surface area contributed by atoms with E-state index in [0.29, 0.717) is 31.7 Å². The minimum Gasteiger partial charge on any atom is -0.363 e. The molecule has 0 aromatic carbocycles. The van der Waals surface area contributed by atoms with E-state index in [1.165, 1.54) is 0 Å². The minimum absolute atomic E-state index is 0.00568. The first-order valence-corrected chi connectivity index (χ1v) is 17.7. The third-order valence-electron chi connectivity index (χ3n) is 13.7. The molecule has 2 amide bonds. The second-order valence-electron chi connectivity index (χ2n) is 17.3. The van der Waals surface area contributed by atoms with Crippen molar-refractivity contribution in [1.29, 1.82) is 0 Å². The summed E-state index contributed by atoms with van der Waals surface area (Å²) in [6, 6.07) is 5.15. The van der Waals surface area contributed by atoms with E-state index in [2.05, 4.69) is 18.8 Å². The minimum atomic E-state index is -0.991. The lowest BCUT2D eigenvalue weighted by molar-refractivity contribution is -0.146. The summed E-state index contributed by atoms with van der Waals surface area (Å²) in [4.78, 5) is 74.1. The van der Waals surface area contributed by atoms with Crippen molar-refractivity contribution in [2.45, 2.75) is 130 Å². The Hall–Kier alpha value is -2.90. The Labute approximate surface area is 274 Å². The Morgan fingerprint density at radius 1 is 0.978 bits per heavy atom. The summed E-state index contributed by atoms with van der Waals surface area (Å²) < 4.78 is 0. The van der Waals surface area contributed by atoms with Crippen molar-refractivity contribution in [1.82, 2.24) is 9.88 Å². The third kappa shape index (κ3) is 5.26. The number of nitrogens with two attached hydrogens (primary N) is 1. The molecule has 4 aliphatic carbocycles. The first-order valence-electron chi connectivity index (χ1n) is 17.7. The molecule has 8 heteroatoms. The average molecular weight is 632 g/mol. The van der Waals surface area contributed by atoms with Gasteiger partial charge in [0.1, 0.15) is 5.78 Å². The number of pyridine rings is 1. The molecule has 2 spiro atoms. The van der Waals surface area contributed by atoms with Crippen molar-refractivity contribution in [3.8, 4) is 0 Å². The Balaban J connectivity index is 1.25. The maximum atomic E-state index is 14.8. The van der Waals surface area contributed by atoms with E-state index in [1.54, 1.807) is 11.1 Å². The van der Waals surface area contributed by atoms with Crippen LogP contribution in [0.3, 0.4) is 0 Å². The number of amides is 2. The van der Waals surface area contributed by atoms with Crippen molar-refractivity contribution < 1.29 is 24.0 Å². The molecule has 46 heavy (non-hydrogen) atoms. The highest BCUT2D eigenvalue weighted by atomic mass is 16.2. The number of hydrogen-bond acceptors (Lipinski definition) is 6. The summed E-state index contributed by atoms with van der Waals surface area (Å²) in [5.41, 5.74) is 5.61. The van der Waals surface area contributed by atoms with Gasteiger partial charge in [0.2, 0.25) is 11.7 Å². The number of likely N-dealkylation sites (tertiary alicyclic amines) is 1. The van der Waals surface area contributed by atoms with E-state index in [9.17, 15) is 24.0 Å². The summed E-state index contributed by atoms with van der Waals surface area (Å²) in [5.74, 6) is -2.88. The van der Waals surface area contributed by atoms with Crippen molar-refractivity contribution in [3.63, 3.8) is 0 Å². The van der Waals surface area contributed by atoms with Gasteiger partial charge < -0.3 is 10.6 Å². The van der Waals surface area contributed by atoms with Crippen molar-refractivity contribution in [3.05, 3.63) is 30.1 Å². The topological polar surface area (TPSA) is 128 Å². The second kappa shape index (κ2) is 11.4. The Bertz CT molecular complexity index is 1420. The third-order valence-corrected chi connectivity index (χ3v) is 13.7. The fourth-order valence-electron chi connectivity index (χ4n) is 10.1. The molecule has 1 aromatic rings. The molecule has 4 saturated carbocycles. The molecular weight excluding hydrogens is 578 g/mol. The summed E-state index contributed by atoms with van der Waals surface area (Å²) in [7, 11) is 0. The molecule has 0 bridgehead atoms. The van der Waals surface area contributed by atoms with E-state index in [-0.39, 0.29) is 52.0 Å². The number of rotatable bonds is 13. The van der Waals surface area contributed by atoms with Gasteiger partial charge in [-0.05, 0) is 72.8 Å². The van der Waals surface area contributed by atoms with Gasteiger partial charge >= 0.3 is 0 Å². The number of Topliss-reactive ketones (excluding diaryl/α,β-unsaturated/α-hetero) is 3. The lowest BCUT2D eigenvalue weighted by Crippen LogP contribution is -2.48. The standard InChI is InChI=1S/C38H53N3O5/c1-34(2,3)27(20-26(42)21-36(15-16-36)30-12-6-7-17-40-30)33(46)41-23-38(35(4,5)37(38)13-9-14-37)22-28(41)29(43)19-25(31(44)32(39)45)18-24-10-8-11-24/h6-7,12,17,24-25,27-28H,8-11,13-16,18-23H2,1-5H3,(H2,39,45)/t25?,27-,28+,38-/m1/s1. The maximum Gasteiger partial charge on any atom is 0.285 e. The van der Waals surface area contributed by atoms with Gasteiger partial charge in [0, 0.05) is 60.4 Å². The van der Waals surface area contributed by atoms with Crippen LogP contribution in [0.25, 0.3) is 0 Å². The van der Waals surface area contributed by atoms with Gasteiger partial charge in [-0.25, -0.2) is 0 Å². The number of fused-ring (bicyclic) bond motifs is 1. The van der Waals surface area contributed by atoms with E-state index in [4.69, 9.17) is 5.73 Å². The molecule has 2 heterocycles. The highest BCUT2D eigenvalue weighted by Crippen LogP contribution is 2.88. The zero-order valence-electron chi connectivity index (χ0n) is 28.5. The van der Waals surface area contributed by atoms with E-state index in [1.807, 2.05) is 39.0 Å². The molecule has 0 radical (unpaired) electrons. The van der Waals surface area contributed by atoms with E-state index >= 15 is 0 Å². The Morgan fingerprint density at radius 3 is 2.15 bits per heavy atom. The predicted molar refractivity (Wildman–Crippen MR) is 174 cm³/mol. The molecule has 250 valence electrons. The number of primary amides is 1. The lowest BCUT2D eigenvalue weighted by atomic mass is 9.73. The van der Waals surface area contributed by atoms with Crippen LogP contribution in [-0.4, -0.2) is 51.6 Å². The zero-order valence-corrected chi connectivity index (χ0v) is 28.5. The SMILES string of the molecule is CC(C)(C)[C@H](CC(=O)CC1(c2ccccn2)CC1)C(=O)N1C[C@]2(C[C@H]1C(=O)CC(CC1CCC1)C(=O)C(N)=O)C(C)(C)C21CCC1. The average Bonchev–Trinajstić information content (AvgIpc) is 3.73. The van der Waals surface area contributed by atoms with Crippen LogP contribution in [0.2, 0.25) is 0 Å². The van der Waals surface area contributed by atoms with Crippen LogP contribution in [0.1, 0.15) is 124 Å². The van der Waals surface area contributed by atoms with Gasteiger partial charge in [0.15, 0.2) is 5.78 Å². The first kappa shape index (κ1) is 33.0.